The van der Waals surface area contributed by atoms with E-state index in [9.17, 15) is 19.5 Å². The van der Waals surface area contributed by atoms with Crippen molar-refractivity contribution in [2.45, 2.75) is 26.2 Å². The van der Waals surface area contributed by atoms with Gasteiger partial charge in [-0.05, 0) is 48.7 Å². The van der Waals surface area contributed by atoms with Gasteiger partial charge in [-0.1, -0.05) is 12.1 Å². The minimum absolute atomic E-state index is 0.0259. The van der Waals surface area contributed by atoms with Crippen LogP contribution in [0.25, 0.3) is 0 Å². The van der Waals surface area contributed by atoms with Gasteiger partial charge >= 0.3 is 5.97 Å². The summed E-state index contributed by atoms with van der Waals surface area (Å²) in [4.78, 5) is 35.3. The number of hydrogen-bond donors (Lipinski definition) is 2. The molecule has 0 aliphatic heterocycles. The van der Waals surface area contributed by atoms with Gasteiger partial charge in [0.1, 0.15) is 5.78 Å². The topological polar surface area (TPSA) is 101 Å². The molecule has 136 valence electrons. The molecule has 0 spiro atoms. The van der Waals surface area contributed by atoms with Crippen molar-refractivity contribution < 1.29 is 29.3 Å². The van der Waals surface area contributed by atoms with Gasteiger partial charge in [0.05, 0.1) is 19.1 Å². The number of aryl methyl sites for hydroxylation is 2. The lowest BCUT2D eigenvalue weighted by Crippen LogP contribution is -2.10. The fraction of sp³-hybridized carbons (Fsp3) is 0.250. The first-order chi connectivity index (χ1) is 12.3. The summed E-state index contributed by atoms with van der Waals surface area (Å²) in [5.41, 5.74) is 1.76. The predicted octanol–water partition coefficient (Wildman–Crippen LogP) is 3.18. The van der Waals surface area contributed by atoms with Crippen LogP contribution >= 0.6 is 0 Å². The number of phenols is 1. The van der Waals surface area contributed by atoms with E-state index in [1.54, 1.807) is 19.1 Å². The Hall–Kier alpha value is -3.15. The van der Waals surface area contributed by atoms with Crippen LogP contribution in [0.15, 0.2) is 36.4 Å². The number of carbonyl (C=O) groups excluding carboxylic acids is 2. The maximum Gasteiger partial charge on any atom is 0.335 e. The second kappa shape index (κ2) is 8.29. The van der Waals surface area contributed by atoms with Crippen LogP contribution in [0.3, 0.4) is 0 Å². The molecule has 2 aromatic carbocycles. The molecule has 0 saturated carbocycles. The maximum absolute atomic E-state index is 12.2. The number of ether oxygens (including phenoxy) is 1. The van der Waals surface area contributed by atoms with Crippen molar-refractivity contribution in [3.8, 4) is 11.5 Å². The summed E-state index contributed by atoms with van der Waals surface area (Å²) >= 11 is 0. The molecule has 0 aliphatic rings. The highest BCUT2D eigenvalue weighted by molar-refractivity contribution is 6.08. The molecular weight excluding hydrogens is 336 g/mol. The number of hydrogen-bond acceptors (Lipinski definition) is 5. The maximum atomic E-state index is 12.2. The van der Waals surface area contributed by atoms with Crippen LogP contribution in [0.2, 0.25) is 0 Å². The smallest absolute Gasteiger partial charge is 0.335 e. The van der Waals surface area contributed by atoms with Gasteiger partial charge in [-0.15, -0.1) is 0 Å². The third-order valence-electron chi connectivity index (χ3n) is 4.07. The van der Waals surface area contributed by atoms with Gasteiger partial charge in [0.15, 0.2) is 17.3 Å². The lowest BCUT2D eigenvalue weighted by Gasteiger charge is -2.07. The second-order valence-corrected chi connectivity index (χ2v) is 5.98. The molecule has 0 aliphatic carbocycles. The molecule has 6 heteroatoms. The lowest BCUT2D eigenvalue weighted by molar-refractivity contribution is -0.118. The van der Waals surface area contributed by atoms with Crippen LogP contribution in [0.1, 0.15) is 44.7 Å². The fourth-order valence-electron chi connectivity index (χ4n) is 2.61. The first-order valence-electron chi connectivity index (χ1n) is 8.06. The first kappa shape index (κ1) is 19.2. The SMILES string of the molecule is COc1cc(CCC(=O)CC(=O)c2ccc(C(=O)O)c(C)c2)ccc1O. The Morgan fingerprint density at radius 2 is 1.81 bits per heavy atom. The molecule has 0 radical (unpaired) electrons. The van der Waals surface area contributed by atoms with Crippen LogP contribution in [-0.2, 0) is 11.2 Å². The molecule has 0 amide bonds. The van der Waals surface area contributed by atoms with E-state index in [-0.39, 0.29) is 35.7 Å². The van der Waals surface area contributed by atoms with E-state index in [0.29, 0.717) is 23.3 Å². The number of phenolic OH excluding ortho intramolecular Hbond substituents is 1. The number of rotatable bonds is 8. The van der Waals surface area contributed by atoms with E-state index in [2.05, 4.69) is 0 Å². The Bertz CT molecular complexity index is 853. The zero-order valence-electron chi connectivity index (χ0n) is 14.6. The molecular formula is C20H20O6. The predicted molar refractivity (Wildman–Crippen MR) is 95.1 cm³/mol. The molecule has 2 aromatic rings. The lowest BCUT2D eigenvalue weighted by atomic mass is 9.98. The monoisotopic (exact) mass is 356 g/mol. The van der Waals surface area contributed by atoms with Gasteiger partial charge in [0.2, 0.25) is 0 Å². The van der Waals surface area contributed by atoms with E-state index in [4.69, 9.17) is 9.84 Å². The summed E-state index contributed by atoms with van der Waals surface area (Å²) in [5, 5.41) is 18.6. The number of ketones is 2. The average molecular weight is 356 g/mol. The third-order valence-corrected chi connectivity index (χ3v) is 4.07. The molecule has 0 saturated heterocycles. The summed E-state index contributed by atoms with van der Waals surface area (Å²) < 4.78 is 5.02. The normalized spacial score (nSPS) is 10.4. The molecule has 2 N–H and O–H groups in total. The molecule has 0 atom stereocenters. The van der Waals surface area contributed by atoms with Crippen molar-refractivity contribution in [3.05, 3.63) is 58.7 Å². The molecule has 0 heterocycles. The van der Waals surface area contributed by atoms with Crippen LogP contribution in [0.4, 0.5) is 0 Å². The van der Waals surface area contributed by atoms with Gasteiger partial charge in [0, 0.05) is 12.0 Å². The van der Waals surface area contributed by atoms with Crippen LogP contribution < -0.4 is 4.74 Å². The molecule has 2 rings (SSSR count). The number of benzene rings is 2. The van der Waals surface area contributed by atoms with Crippen molar-refractivity contribution in [3.63, 3.8) is 0 Å². The Kier molecular flexibility index (Phi) is 6.11. The summed E-state index contributed by atoms with van der Waals surface area (Å²) in [6.45, 7) is 1.61. The van der Waals surface area contributed by atoms with Crippen molar-refractivity contribution in [1.29, 1.82) is 0 Å². The van der Waals surface area contributed by atoms with Gasteiger partial charge in [-0.3, -0.25) is 9.59 Å². The Balaban J connectivity index is 1.96. The average Bonchev–Trinajstić information content (AvgIpc) is 2.60. The fourth-order valence-corrected chi connectivity index (χ4v) is 2.61. The number of carboxylic acids is 1. The van der Waals surface area contributed by atoms with E-state index in [0.717, 1.165) is 5.56 Å². The first-order valence-corrected chi connectivity index (χ1v) is 8.06. The van der Waals surface area contributed by atoms with Gasteiger partial charge in [-0.25, -0.2) is 4.79 Å². The number of aromatic carboxylic acids is 1. The third kappa shape index (κ3) is 4.69. The van der Waals surface area contributed by atoms with Gasteiger partial charge in [0.25, 0.3) is 0 Å². The quantitative estimate of drug-likeness (QED) is 0.556. The summed E-state index contributed by atoms with van der Waals surface area (Å²) in [6.07, 6.45) is 0.382. The number of carbonyl (C=O) groups is 3. The van der Waals surface area contributed by atoms with Crippen molar-refractivity contribution in [2.24, 2.45) is 0 Å². The van der Waals surface area contributed by atoms with Crippen LogP contribution in [-0.4, -0.2) is 34.9 Å². The van der Waals surface area contributed by atoms with E-state index < -0.39 is 5.97 Å². The molecule has 0 bridgehead atoms. The summed E-state index contributed by atoms with van der Waals surface area (Å²) in [5.74, 6) is -1.24. The van der Waals surface area contributed by atoms with E-state index in [1.165, 1.54) is 31.4 Å². The molecule has 0 unspecified atom stereocenters. The minimum atomic E-state index is -1.05. The van der Waals surface area contributed by atoms with Crippen LogP contribution in [0.5, 0.6) is 11.5 Å². The molecule has 26 heavy (non-hydrogen) atoms. The van der Waals surface area contributed by atoms with E-state index in [1.807, 2.05) is 0 Å². The molecule has 6 nitrogen and oxygen atoms in total. The highest BCUT2D eigenvalue weighted by atomic mass is 16.5. The van der Waals surface area contributed by atoms with Crippen molar-refractivity contribution in [2.75, 3.05) is 7.11 Å². The Morgan fingerprint density at radius 1 is 1.08 bits per heavy atom. The Morgan fingerprint density at radius 3 is 2.42 bits per heavy atom. The van der Waals surface area contributed by atoms with Crippen LogP contribution in [0, 0.1) is 6.92 Å². The number of aromatic hydroxyl groups is 1. The zero-order valence-corrected chi connectivity index (χ0v) is 14.6. The van der Waals surface area contributed by atoms with Crippen molar-refractivity contribution in [1.82, 2.24) is 0 Å². The highest BCUT2D eigenvalue weighted by Crippen LogP contribution is 2.26. The molecule has 0 fully saturated rings. The highest BCUT2D eigenvalue weighted by Gasteiger charge is 2.15. The minimum Gasteiger partial charge on any atom is -0.504 e. The standard InChI is InChI=1S/C20H20O6/c1-12-9-14(5-7-16(12)20(24)25)18(23)11-15(21)6-3-13-4-8-17(22)19(10-13)26-2/h4-5,7-10,22H,3,6,11H2,1-2H3,(H,24,25). The number of methoxy groups -OCH3 is 1. The Labute approximate surface area is 151 Å². The zero-order chi connectivity index (χ0) is 19.3. The number of carboxylic acid groups (broad SMARTS) is 1. The summed E-state index contributed by atoms with van der Waals surface area (Å²) in [7, 11) is 1.44. The second-order valence-electron chi connectivity index (χ2n) is 5.98. The van der Waals surface area contributed by atoms with Gasteiger partial charge < -0.3 is 14.9 Å². The van der Waals surface area contributed by atoms with Gasteiger partial charge in [-0.2, -0.15) is 0 Å². The number of Topliss-reactive ketones (excluding diaryl/α,β-unsaturated/α-hetero) is 2. The largest absolute Gasteiger partial charge is 0.504 e. The van der Waals surface area contributed by atoms with Crippen molar-refractivity contribution >= 4 is 17.5 Å². The molecule has 0 aromatic heterocycles. The van der Waals surface area contributed by atoms with E-state index >= 15 is 0 Å². The summed E-state index contributed by atoms with van der Waals surface area (Å²) in [6, 6.07) is 9.13.